The fraction of sp³-hybridized carbons (Fsp3) is 0.348. The Labute approximate surface area is 170 Å². The summed E-state index contributed by atoms with van der Waals surface area (Å²) >= 11 is 0. The maximum absolute atomic E-state index is 12.9. The fourth-order valence-corrected chi connectivity index (χ4v) is 3.46. The monoisotopic (exact) mass is 396 g/mol. The molecule has 5 nitrogen and oxygen atoms in total. The molecule has 2 aromatic rings. The summed E-state index contributed by atoms with van der Waals surface area (Å²) in [6.07, 6.45) is 0.999. The minimum absolute atomic E-state index is 0.000407. The molecule has 2 amide bonds. The summed E-state index contributed by atoms with van der Waals surface area (Å²) in [6.45, 7) is 3.97. The van der Waals surface area contributed by atoms with Crippen molar-refractivity contribution in [3.05, 3.63) is 71.0 Å². The lowest BCUT2D eigenvalue weighted by atomic mass is 10.1. The van der Waals surface area contributed by atoms with Crippen molar-refractivity contribution in [3.63, 3.8) is 0 Å². The van der Waals surface area contributed by atoms with E-state index in [0.29, 0.717) is 50.1 Å². The fourth-order valence-electron chi connectivity index (χ4n) is 3.46. The first-order chi connectivity index (χ1) is 13.9. The van der Waals surface area contributed by atoms with Gasteiger partial charge in [-0.05, 0) is 49.7 Å². The van der Waals surface area contributed by atoms with Crippen molar-refractivity contribution in [1.82, 2.24) is 9.80 Å². The molecule has 0 atom stereocenters. The molecule has 1 heterocycles. The van der Waals surface area contributed by atoms with E-state index in [1.54, 1.807) is 9.80 Å². The number of amides is 2. The topological polar surface area (TPSA) is 57.7 Å². The second kappa shape index (κ2) is 9.45. The molecule has 1 aliphatic rings. The Morgan fingerprint density at radius 1 is 0.862 bits per heavy atom. The Kier molecular flexibility index (Phi) is 6.75. The molecule has 2 aromatic carbocycles. The zero-order chi connectivity index (χ0) is 20.8. The number of carbonyl (C=O) groups excluding carboxylic acids is 3. The number of carbonyl (C=O) groups is 3. The molecule has 0 spiro atoms. The minimum atomic E-state index is -0.378. The van der Waals surface area contributed by atoms with Crippen LogP contribution >= 0.6 is 0 Å². The first-order valence-corrected chi connectivity index (χ1v) is 9.86. The summed E-state index contributed by atoms with van der Waals surface area (Å²) in [5.41, 5.74) is 2.17. The molecule has 0 aromatic heterocycles. The third-order valence-electron chi connectivity index (χ3n) is 5.15. The van der Waals surface area contributed by atoms with Gasteiger partial charge in [-0.1, -0.05) is 17.7 Å². The number of halogens is 1. The van der Waals surface area contributed by atoms with Gasteiger partial charge >= 0.3 is 0 Å². The quantitative estimate of drug-likeness (QED) is 0.703. The molecule has 1 saturated heterocycles. The second-order valence-electron chi connectivity index (χ2n) is 7.33. The van der Waals surface area contributed by atoms with Crippen molar-refractivity contribution in [2.24, 2.45) is 0 Å². The van der Waals surface area contributed by atoms with Gasteiger partial charge in [0.05, 0.1) is 0 Å². The lowest BCUT2D eigenvalue weighted by molar-refractivity contribution is -0.132. The number of aryl methyl sites for hydroxylation is 1. The number of rotatable bonds is 6. The largest absolute Gasteiger partial charge is 0.339 e. The van der Waals surface area contributed by atoms with E-state index < -0.39 is 0 Å². The van der Waals surface area contributed by atoms with E-state index in [4.69, 9.17) is 0 Å². The van der Waals surface area contributed by atoms with Gasteiger partial charge in [-0.2, -0.15) is 0 Å². The number of benzene rings is 2. The number of piperazine rings is 1. The van der Waals surface area contributed by atoms with Crippen LogP contribution in [0.15, 0.2) is 48.5 Å². The smallest absolute Gasteiger partial charge is 0.253 e. The number of nitrogens with zero attached hydrogens (tertiary/aromatic N) is 2. The third-order valence-corrected chi connectivity index (χ3v) is 5.15. The van der Waals surface area contributed by atoms with Crippen LogP contribution in [0.4, 0.5) is 4.39 Å². The van der Waals surface area contributed by atoms with Crippen molar-refractivity contribution >= 4 is 17.6 Å². The third kappa shape index (κ3) is 5.50. The van der Waals surface area contributed by atoms with Crippen LogP contribution in [0, 0.1) is 12.7 Å². The number of ketones is 1. The molecule has 29 heavy (non-hydrogen) atoms. The molecule has 0 saturated carbocycles. The summed E-state index contributed by atoms with van der Waals surface area (Å²) in [5, 5.41) is 0. The summed E-state index contributed by atoms with van der Waals surface area (Å²) in [7, 11) is 0. The highest BCUT2D eigenvalue weighted by molar-refractivity contribution is 5.96. The number of hydrogen-bond donors (Lipinski definition) is 0. The van der Waals surface area contributed by atoms with Crippen LogP contribution < -0.4 is 0 Å². The van der Waals surface area contributed by atoms with E-state index in [9.17, 15) is 18.8 Å². The predicted molar refractivity (Wildman–Crippen MR) is 108 cm³/mol. The van der Waals surface area contributed by atoms with Gasteiger partial charge in [0, 0.05) is 50.1 Å². The predicted octanol–water partition coefficient (Wildman–Crippen LogP) is 3.47. The first-order valence-electron chi connectivity index (χ1n) is 9.86. The maximum Gasteiger partial charge on any atom is 0.253 e. The molecule has 0 radical (unpaired) electrons. The van der Waals surface area contributed by atoms with Gasteiger partial charge in [0.25, 0.3) is 5.91 Å². The van der Waals surface area contributed by atoms with Crippen LogP contribution in [0.1, 0.15) is 45.5 Å². The van der Waals surface area contributed by atoms with E-state index >= 15 is 0 Å². The standard InChI is InChI=1S/C23H25FN2O3/c1-17-4-2-5-19(16-17)23(29)26-14-12-25(13-15-26)22(28)7-3-6-21(27)18-8-10-20(24)11-9-18/h2,4-5,8-11,16H,3,6-7,12-15H2,1H3. The summed E-state index contributed by atoms with van der Waals surface area (Å²) in [4.78, 5) is 40.6. The number of Topliss-reactive ketones (excluding diaryl/α,β-unsaturated/α-hetero) is 1. The van der Waals surface area contributed by atoms with Crippen molar-refractivity contribution in [2.75, 3.05) is 26.2 Å². The van der Waals surface area contributed by atoms with E-state index in [1.807, 2.05) is 31.2 Å². The van der Waals surface area contributed by atoms with Crippen LogP contribution in [0.25, 0.3) is 0 Å². The SMILES string of the molecule is Cc1cccc(C(=O)N2CCN(C(=O)CCCC(=O)c3ccc(F)cc3)CC2)c1. The highest BCUT2D eigenvalue weighted by Crippen LogP contribution is 2.13. The molecule has 3 rings (SSSR count). The zero-order valence-electron chi connectivity index (χ0n) is 16.6. The van der Waals surface area contributed by atoms with Crippen molar-refractivity contribution < 1.29 is 18.8 Å². The van der Waals surface area contributed by atoms with Crippen molar-refractivity contribution in [1.29, 1.82) is 0 Å². The Morgan fingerprint density at radius 2 is 1.52 bits per heavy atom. The van der Waals surface area contributed by atoms with E-state index in [1.165, 1.54) is 24.3 Å². The second-order valence-corrected chi connectivity index (χ2v) is 7.33. The van der Waals surface area contributed by atoms with Gasteiger partial charge in [-0.3, -0.25) is 14.4 Å². The lowest BCUT2D eigenvalue weighted by Gasteiger charge is -2.35. The van der Waals surface area contributed by atoms with Gasteiger partial charge in [0.15, 0.2) is 5.78 Å². The molecule has 0 N–H and O–H groups in total. The van der Waals surface area contributed by atoms with E-state index in [0.717, 1.165) is 5.56 Å². The van der Waals surface area contributed by atoms with E-state index in [2.05, 4.69) is 0 Å². The number of hydrogen-bond acceptors (Lipinski definition) is 3. The molecule has 0 aliphatic carbocycles. The normalized spacial score (nSPS) is 14.0. The molecule has 1 fully saturated rings. The summed E-state index contributed by atoms with van der Waals surface area (Å²) < 4.78 is 12.9. The van der Waals surface area contributed by atoms with Gasteiger partial charge in [-0.25, -0.2) is 4.39 Å². The summed E-state index contributed by atoms with van der Waals surface area (Å²) in [5.74, 6) is -0.478. The van der Waals surface area contributed by atoms with Crippen molar-refractivity contribution in [2.45, 2.75) is 26.2 Å². The minimum Gasteiger partial charge on any atom is -0.339 e. The molecule has 0 bridgehead atoms. The molecule has 0 unspecified atom stereocenters. The van der Waals surface area contributed by atoms with Gasteiger partial charge in [-0.15, -0.1) is 0 Å². The maximum atomic E-state index is 12.9. The average Bonchev–Trinajstić information content (AvgIpc) is 2.73. The average molecular weight is 396 g/mol. The van der Waals surface area contributed by atoms with E-state index in [-0.39, 0.29) is 29.8 Å². The molecule has 6 heteroatoms. The highest BCUT2D eigenvalue weighted by atomic mass is 19.1. The Balaban J connectivity index is 1.42. The Hall–Kier alpha value is -3.02. The molecule has 1 aliphatic heterocycles. The van der Waals surface area contributed by atoms with Gasteiger partial charge < -0.3 is 9.80 Å². The Bertz CT molecular complexity index is 887. The van der Waals surface area contributed by atoms with Crippen LogP contribution in [-0.2, 0) is 4.79 Å². The van der Waals surface area contributed by atoms with Gasteiger partial charge in [0.1, 0.15) is 5.82 Å². The zero-order valence-corrected chi connectivity index (χ0v) is 16.6. The molecular weight excluding hydrogens is 371 g/mol. The summed E-state index contributed by atoms with van der Waals surface area (Å²) in [6, 6.07) is 13.0. The molecular formula is C23H25FN2O3. The van der Waals surface area contributed by atoms with Crippen LogP contribution in [-0.4, -0.2) is 53.6 Å². The highest BCUT2D eigenvalue weighted by Gasteiger charge is 2.24. The van der Waals surface area contributed by atoms with Crippen LogP contribution in [0.2, 0.25) is 0 Å². The van der Waals surface area contributed by atoms with Crippen LogP contribution in [0.3, 0.4) is 0 Å². The Morgan fingerprint density at radius 3 is 2.17 bits per heavy atom. The first kappa shape index (κ1) is 20.7. The van der Waals surface area contributed by atoms with Crippen LogP contribution in [0.5, 0.6) is 0 Å². The lowest BCUT2D eigenvalue weighted by Crippen LogP contribution is -2.50. The van der Waals surface area contributed by atoms with Crippen molar-refractivity contribution in [3.8, 4) is 0 Å². The molecule has 152 valence electrons. The van der Waals surface area contributed by atoms with Gasteiger partial charge in [0.2, 0.25) is 5.91 Å².